The van der Waals surface area contributed by atoms with Crippen molar-refractivity contribution in [3.8, 4) is 0 Å². The zero-order valence-corrected chi connectivity index (χ0v) is 23.3. The van der Waals surface area contributed by atoms with Crippen molar-refractivity contribution >= 4 is 0 Å². The molecule has 6 rings (SSSR count). The largest absolute Gasteiger partial charge is 0.387 e. The van der Waals surface area contributed by atoms with Crippen LogP contribution in [0.4, 0.5) is 0 Å². The highest BCUT2D eigenvalue weighted by Crippen LogP contribution is 2.73. The molecule has 2 bridgehead atoms. The van der Waals surface area contributed by atoms with Gasteiger partial charge in [-0.25, -0.2) is 0 Å². The van der Waals surface area contributed by atoms with Crippen molar-refractivity contribution in [1.29, 1.82) is 0 Å². The molecule has 0 amide bonds. The van der Waals surface area contributed by atoms with Crippen molar-refractivity contribution in [1.82, 2.24) is 0 Å². The fourth-order valence-electron chi connectivity index (χ4n) is 7.70. The first-order chi connectivity index (χ1) is 18.8. The van der Waals surface area contributed by atoms with Gasteiger partial charge in [0.1, 0.15) is 36.6 Å². The van der Waals surface area contributed by atoms with E-state index in [2.05, 4.69) is 27.4 Å². The first kappa shape index (κ1) is 27.1. The molecule has 2 aromatic rings. The quantitative estimate of drug-likeness (QED) is 0.433. The summed E-state index contributed by atoms with van der Waals surface area (Å²) in [6.45, 7) is 11.9. The molecule has 1 heterocycles. The second kappa shape index (κ2) is 10.4. The van der Waals surface area contributed by atoms with E-state index in [1.54, 1.807) is 6.08 Å². The molecule has 4 fully saturated rings. The lowest BCUT2D eigenvalue weighted by molar-refractivity contribution is -0.258. The average Bonchev–Trinajstić information content (AvgIpc) is 3.48. The lowest BCUT2D eigenvalue weighted by Gasteiger charge is -2.45. The van der Waals surface area contributed by atoms with Crippen molar-refractivity contribution in [2.75, 3.05) is 6.61 Å². The second-order valence-electron chi connectivity index (χ2n) is 12.5. The SMILES string of the molecule is C=CCO[C@H]1[C@@H]2O[C@@]3(C[C@@H]4CC[C@@]3(C)C4(C)C)O[C@H]2[C@@H](OCc2ccccc2)[C@@H](O)[C@@H]1OCc1ccccc1. The van der Waals surface area contributed by atoms with Crippen LogP contribution in [0.15, 0.2) is 73.3 Å². The molecule has 3 saturated carbocycles. The summed E-state index contributed by atoms with van der Waals surface area (Å²) in [5.74, 6) is -0.221. The van der Waals surface area contributed by atoms with Crippen LogP contribution in [0.2, 0.25) is 0 Å². The molecule has 9 atom stereocenters. The Morgan fingerprint density at radius 2 is 1.41 bits per heavy atom. The number of fused-ring (bicyclic) bond motifs is 4. The minimum absolute atomic E-state index is 0.0835. The van der Waals surface area contributed by atoms with Crippen LogP contribution in [0.5, 0.6) is 0 Å². The van der Waals surface area contributed by atoms with Crippen molar-refractivity contribution in [3.63, 3.8) is 0 Å². The topological polar surface area (TPSA) is 66.4 Å². The van der Waals surface area contributed by atoms with Gasteiger partial charge in [0.2, 0.25) is 0 Å². The van der Waals surface area contributed by atoms with E-state index in [-0.39, 0.29) is 10.8 Å². The Morgan fingerprint density at radius 1 is 0.846 bits per heavy atom. The van der Waals surface area contributed by atoms with E-state index in [1.165, 1.54) is 6.42 Å². The van der Waals surface area contributed by atoms with Gasteiger partial charge in [-0.2, -0.15) is 0 Å². The smallest absolute Gasteiger partial charge is 0.175 e. The first-order valence-corrected chi connectivity index (χ1v) is 14.4. The summed E-state index contributed by atoms with van der Waals surface area (Å²) in [5, 5.41) is 11.8. The molecule has 210 valence electrons. The van der Waals surface area contributed by atoms with Crippen molar-refractivity contribution in [2.45, 2.75) is 95.7 Å². The molecule has 39 heavy (non-hydrogen) atoms. The summed E-state index contributed by atoms with van der Waals surface area (Å²) in [6, 6.07) is 20.0. The fraction of sp³-hybridized carbons (Fsp3) is 0.576. The van der Waals surface area contributed by atoms with E-state index in [1.807, 2.05) is 60.7 Å². The molecule has 4 aliphatic rings. The monoisotopic (exact) mass is 534 g/mol. The molecule has 3 aliphatic carbocycles. The maximum Gasteiger partial charge on any atom is 0.175 e. The van der Waals surface area contributed by atoms with Crippen LogP contribution in [0, 0.1) is 16.7 Å². The molecule has 2 aromatic carbocycles. The molecule has 0 aromatic heterocycles. The number of rotatable bonds is 9. The number of benzene rings is 2. The van der Waals surface area contributed by atoms with Crippen LogP contribution < -0.4 is 0 Å². The molecule has 1 aliphatic heterocycles. The minimum Gasteiger partial charge on any atom is -0.387 e. The van der Waals surface area contributed by atoms with Gasteiger partial charge in [-0.15, -0.1) is 6.58 Å². The molecule has 1 spiro atoms. The normalized spacial score (nSPS) is 40.2. The van der Waals surface area contributed by atoms with Gasteiger partial charge in [0.25, 0.3) is 0 Å². The van der Waals surface area contributed by atoms with Gasteiger partial charge in [-0.05, 0) is 35.3 Å². The van der Waals surface area contributed by atoms with Crippen LogP contribution in [0.1, 0.15) is 51.2 Å². The summed E-state index contributed by atoms with van der Waals surface area (Å²) < 4.78 is 33.3. The zero-order valence-electron chi connectivity index (χ0n) is 23.3. The Hall–Kier alpha value is -2.06. The second-order valence-corrected chi connectivity index (χ2v) is 12.5. The van der Waals surface area contributed by atoms with Crippen LogP contribution in [-0.4, -0.2) is 54.1 Å². The Kier molecular flexibility index (Phi) is 7.24. The highest BCUT2D eigenvalue weighted by Gasteiger charge is 2.76. The number of hydrogen-bond acceptors (Lipinski definition) is 6. The van der Waals surface area contributed by atoms with Crippen molar-refractivity contribution in [2.24, 2.45) is 16.7 Å². The lowest BCUT2D eigenvalue weighted by atomic mass is 9.68. The fourth-order valence-corrected chi connectivity index (χ4v) is 7.70. The van der Waals surface area contributed by atoms with Crippen molar-refractivity contribution < 1.29 is 28.8 Å². The Balaban J connectivity index is 1.33. The summed E-state index contributed by atoms with van der Waals surface area (Å²) in [6.07, 6.45) is 1.08. The van der Waals surface area contributed by atoms with Crippen molar-refractivity contribution in [3.05, 3.63) is 84.4 Å². The summed E-state index contributed by atoms with van der Waals surface area (Å²) in [7, 11) is 0. The van der Waals surface area contributed by atoms with Gasteiger partial charge in [0.05, 0.1) is 19.8 Å². The summed E-state index contributed by atoms with van der Waals surface area (Å²) in [4.78, 5) is 0. The first-order valence-electron chi connectivity index (χ1n) is 14.4. The van der Waals surface area contributed by atoms with Gasteiger partial charge >= 0.3 is 0 Å². The maximum absolute atomic E-state index is 11.8. The van der Waals surface area contributed by atoms with E-state index in [9.17, 15) is 5.11 Å². The molecule has 1 N–H and O–H groups in total. The third-order valence-corrected chi connectivity index (χ3v) is 10.4. The third-order valence-electron chi connectivity index (χ3n) is 10.4. The van der Waals surface area contributed by atoms with Crippen LogP contribution in [0.3, 0.4) is 0 Å². The predicted molar refractivity (Wildman–Crippen MR) is 148 cm³/mol. The Labute approximate surface area is 232 Å². The third kappa shape index (κ3) is 4.41. The zero-order chi connectivity index (χ0) is 27.3. The Morgan fingerprint density at radius 3 is 1.92 bits per heavy atom. The van der Waals surface area contributed by atoms with Gasteiger partial charge in [-0.3, -0.25) is 0 Å². The highest BCUT2D eigenvalue weighted by molar-refractivity contribution is 5.20. The van der Waals surface area contributed by atoms with Gasteiger partial charge < -0.3 is 28.8 Å². The van der Waals surface area contributed by atoms with Crippen LogP contribution in [-0.2, 0) is 36.9 Å². The molecule has 6 nitrogen and oxygen atoms in total. The number of aliphatic hydroxyl groups is 1. The maximum atomic E-state index is 11.8. The number of aliphatic hydroxyl groups excluding tert-OH is 1. The van der Waals surface area contributed by atoms with Gasteiger partial charge in [-0.1, -0.05) is 87.5 Å². The van der Waals surface area contributed by atoms with E-state index < -0.39 is 42.4 Å². The number of ether oxygens (including phenoxy) is 5. The van der Waals surface area contributed by atoms with Gasteiger partial charge in [0.15, 0.2) is 5.79 Å². The molecule has 0 radical (unpaired) electrons. The van der Waals surface area contributed by atoms with E-state index in [0.29, 0.717) is 25.7 Å². The Bertz CT molecular complexity index is 1140. The molecule has 1 saturated heterocycles. The summed E-state index contributed by atoms with van der Waals surface area (Å²) >= 11 is 0. The van der Waals surface area contributed by atoms with E-state index >= 15 is 0 Å². The average molecular weight is 535 g/mol. The highest BCUT2D eigenvalue weighted by atomic mass is 16.8. The van der Waals surface area contributed by atoms with Gasteiger partial charge in [0, 0.05) is 11.8 Å². The predicted octanol–water partition coefficient (Wildman–Crippen LogP) is 5.43. The lowest BCUT2D eigenvalue weighted by Crippen LogP contribution is -2.64. The molecular formula is C33H42O6. The standard InChI is InChI=1S/C33H42O6/c1-5-18-35-28-26(36-20-22-12-8-6-9-13-22)25(34)27(37-21-23-14-10-7-11-15-23)29-30(28)39-33(38-29)19-24-16-17-32(33,4)31(24,2)3/h5-15,24-30,34H,1,16-21H2,2-4H3/t24-,25-,26-,27-,28+,29-,30-,32-,33+/m0/s1. The molecule has 6 heteroatoms. The minimum atomic E-state index is -0.966. The van der Waals surface area contributed by atoms with Crippen LogP contribution >= 0.6 is 0 Å². The summed E-state index contributed by atoms with van der Waals surface area (Å²) in [5.41, 5.74) is 1.99. The van der Waals surface area contributed by atoms with E-state index in [0.717, 1.165) is 24.0 Å². The molecule has 0 unspecified atom stereocenters. The van der Waals surface area contributed by atoms with E-state index in [4.69, 9.17) is 23.7 Å². The molecular weight excluding hydrogens is 492 g/mol. The number of hydrogen-bond donors (Lipinski definition) is 1. The van der Waals surface area contributed by atoms with Crippen LogP contribution in [0.25, 0.3) is 0 Å².